The first-order valence-electron chi connectivity index (χ1n) is 9.05. The maximum atomic E-state index is 12.8. The first kappa shape index (κ1) is 16.8. The second-order valence-corrected chi connectivity index (χ2v) is 7.08. The zero-order chi connectivity index (χ0) is 18.3. The SMILES string of the molecule is CCc1oc(C(=O)NC2(c3noc(C4CC4)n3)CCCC2)cc1C(=O)O. The summed E-state index contributed by atoms with van der Waals surface area (Å²) in [6, 6.07) is 1.28. The highest BCUT2D eigenvalue weighted by molar-refractivity contribution is 5.96. The van der Waals surface area contributed by atoms with Crippen molar-refractivity contribution in [3.8, 4) is 0 Å². The average Bonchev–Trinajstić information content (AvgIpc) is 3.07. The molecule has 0 saturated heterocycles. The molecule has 8 heteroatoms. The summed E-state index contributed by atoms with van der Waals surface area (Å²) in [6.45, 7) is 1.78. The predicted octanol–water partition coefficient (Wildman–Crippen LogP) is 3.00. The molecule has 2 aliphatic carbocycles. The quantitative estimate of drug-likeness (QED) is 0.813. The summed E-state index contributed by atoms with van der Waals surface area (Å²) in [6.07, 6.45) is 5.86. The van der Waals surface area contributed by atoms with Crippen LogP contribution < -0.4 is 5.32 Å². The maximum Gasteiger partial charge on any atom is 0.339 e. The summed E-state index contributed by atoms with van der Waals surface area (Å²) in [5.41, 5.74) is -0.662. The van der Waals surface area contributed by atoms with Gasteiger partial charge in [-0.05, 0) is 25.7 Å². The molecule has 0 spiro atoms. The molecule has 0 radical (unpaired) electrons. The number of carbonyl (C=O) groups excluding carboxylic acids is 1. The van der Waals surface area contributed by atoms with Crippen LogP contribution in [0.5, 0.6) is 0 Å². The Kier molecular flexibility index (Phi) is 4.05. The second kappa shape index (κ2) is 6.26. The van der Waals surface area contributed by atoms with E-state index in [1.807, 2.05) is 0 Å². The number of amides is 1. The molecule has 2 fully saturated rings. The Morgan fingerprint density at radius 1 is 1.35 bits per heavy atom. The van der Waals surface area contributed by atoms with Crippen molar-refractivity contribution < 1.29 is 23.6 Å². The average molecular weight is 359 g/mol. The Bertz CT molecular complexity index is 843. The van der Waals surface area contributed by atoms with Crippen LogP contribution in [0.2, 0.25) is 0 Å². The zero-order valence-electron chi connectivity index (χ0n) is 14.6. The van der Waals surface area contributed by atoms with Gasteiger partial charge in [-0.15, -0.1) is 0 Å². The molecule has 2 aromatic heterocycles. The van der Waals surface area contributed by atoms with Crippen molar-refractivity contribution in [2.75, 3.05) is 0 Å². The number of nitrogens with one attached hydrogen (secondary N) is 1. The van der Waals surface area contributed by atoms with Crippen LogP contribution in [-0.4, -0.2) is 27.1 Å². The van der Waals surface area contributed by atoms with E-state index < -0.39 is 17.4 Å². The van der Waals surface area contributed by atoms with Crippen molar-refractivity contribution in [2.24, 2.45) is 0 Å². The number of carboxylic acids is 1. The van der Waals surface area contributed by atoms with E-state index in [2.05, 4.69) is 15.5 Å². The molecule has 2 saturated carbocycles. The van der Waals surface area contributed by atoms with Gasteiger partial charge in [0, 0.05) is 18.4 Å². The fourth-order valence-electron chi connectivity index (χ4n) is 3.57. The van der Waals surface area contributed by atoms with Crippen LogP contribution in [0.3, 0.4) is 0 Å². The lowest BCUT2D eigenvalue weighted by Gasteiger charge is -2.26. The third kappa shape index (κ3) is 2.89. The van der Waals surface area contributed by atoms with E-state index in [1.54, 1.807) is 6.92 Å². The Morgan fingerprint density at radius 3 is 2.65 bits per heavy atom. The number of aromatic carboxylic acids is 1. The van der Waals surface area contributed by atoms with Gasteiger partial charge in [-0.1, -0.05) is 24.9 Å². The summed E-state index contributed by atoms with van der Waals surface area (Å²) < 4.78 is 10.8. The zero-order valence-corrected chi connectivity index (χ0v) is 14.6. The van der Waals surface area contributed by atoms with Gasteiger partial charge in [0.25, 0.3) is 5.91 Å². The van der Waals surface area contributed by atoms with Crippen LogP contribution >= 0.6 is 0 Å². The maximum absolute atomic E-state index is 12.8. The minimum absolute atomic E-state index is 0.00330. The van der Waals surface area contributed by atoms with Crippen LogP contribution in [0.4, 0.5) is 0 Å². The Morgan fingerprint density at radius 2 is 2.08 bits per heavy atom. The third-order valence-electron chi connectivity index (χ3n) is 5.19. The minimum atomic E-state index is -1.10. The lowest BCUT2D eigenvalue weighted by molar-refractivity contribution is 0.0694. The van der Waals surface area contributed by atoms with E-state index in [0.29, 0.717) is 29.8 Å². The second-order valence-electron chi connectivity index (χ2n) is 7.08. The molecule has 0 aromatic carbocycles. The van der Waals surface area contributed by atoms with Gasteiger partial charge in [0.15, 0.2) is 11.6 Å². The molecule has 0 unspecified atom stereocenters. The molecule has 2 aromatic rings. The molecule has 0 aliphatic heterocycles. The highest BCUT2D eigenvalue weighted by atomic mass is 16.5. The van der Waals surface area contributed by atoms with Crippen molar-refractivity contribution in [1.29, 1.82) is 0 Å². The first-order valence-corrected chi connectivity index (χ1v) is 9.05. The molecule has 1 amide bonds. The molecular formula is C18H21N3O5. The summed E-state index contributed by atoms with van der Waals surface area (Å²) in [7, 11) is 0. The molecule has 8 nitrogen and oxygen atoms in total. The number of rotatable bonds is 6. The fourth-order valence-corrected chi connectivity index (χ4v) is 3.57. The summed E-state index contributed by atoms with van der Waals surface area (Å²) in [5, 5.41) is 16.4. The number of carboxylic acid groups (broad SMARTS) is 1. The third-order valence-corrected chi connectivity index (χ3v) is 5.19. The Hall–Kier alpha value is -2.64. The van der Waals surface area contributed by atoms with Gasteiger partial charge < -0.3 is 19.4 Å². The van der Waals surface area contributed by atoms with Crippen molar-refractivity contribution in [3.05, 3.63) is 34.9 Å². The monoisotopic (exact) mass is 359 g/mol. The molecule has 2 N–H and O–H groups in total. The minimum Gasteiger partial charge on any atom is -0.478 e. The molecule has 0 atom stereocenters. The summed E-state index contributed by atoms with van der Waals surface area (Å²) >= 11 is 0. The molecule has 2 heterocycles. The topological polar surface area (TPSA) is 118 Å². The van der Waals surface area contributed by atoms with Gasteiger partial charge in [0.2, 0.25) is 5.89 Å². The van der Waals surface area contributed by atoms with Gasteiger partial charge in [0.1, 0.15) is 16.9 Å². The molecule has 26 heavy (non-hydrogen) atoms. The van der Waals surface area contributed by atoms with Crippen molar-refractivity contribution >= 4 is 11.9 Å². The van der Waals surface area contributed by atoms with Crippen LogP contribution in [0, 0.1) is 0 Å². The van der Waals surface area contributed by atoms with E-state index >= 15 is 0 Å². The number of nitrogens with zero attached hydrogens (tertiary/aromatic N) is 2. The van der Waals surface area contributed by atoms with Crippen molar-refractivity contribution in [1.82, 2.24) is 15.5 Å². The van der Waals surface area contributed by atoms with Crippen LogP contribution in [0.15, 0.2) is 15.0 Å². The highest BCUT2D eigenvalue weighted by Crippen LogP contribution is 2.42. The summed E-state index contributed by atoms with van der Waals surface area (Å²) in [5.74, 6) is 0.223. The van der Waals surface area contributed by atoms with Gasteiger partial charge in [-0.3, -0.25) is 4.79 Å². The molecule has 138 valence electrons. The van der Waals surface area contributed by atoms with Crippen LogP contribution in [0.25, 0.3) is 0 Å². The molecular weight excluding hydrogens is 338 g/mol. The van der Waals surface area contributed by atoms with Crippen LogP contribution in [0.1, 0.15) is 89.8 Å². The summed E-state index contributed by atoms with van der Waals surface area (Å²) in [4.78, 5) is 28.6. The van der Waals surface area contributed by atoms with E-state index in [0.717, 1.165) is 38.5 Å². The van der Waals surface area contributed by atoms with Crippen LogP contribution in [-0.2, 0) is 12.0 Å². The van der Waals surface area contributed by atoms with E-state index in [-0.39, 0.29) is 11.3 Å². The van der Waals surface area contributed by atoms with Crippen molar-refractivity contribution in [3.63, 3.8) is 0 Å². The van der Waals surface area contributed by atoms with Crippen molar-refractivity contribution in [2.45, 2.75) is 63.3 Å². The molecule has 0 bridgehead atoms. The van der Waals surface area contributed by atoms with E-state index in [9.17, 15) is 14.7 Å². The standard InChI is InChI=1S/C18H21N3O5/c1-2-12-11(16(23)24)9-13(25-12)14(22)20-18(7-3-4-8-18)17-19-15(26-21-17)10-5-6-10/h9-10H,2-8H2,1H3,(H,20,22)(H,23,24). The number of aryl methyl sites for hydroxylation is 1. The lowest BCUT2D eigenvalue weighted by atomic mass is 9.96. The van der Waals surface area contributed by atoms with Gasteiger partial charge >= 0.3 is 5.97 Å². The number of carbonyl (C=O) groups is 2. The first-order chi connectivity index (χ1) is 12.5. The van der Waals surface area contributed by atoms with E-state index in [4.69, 9.17) is 8.94 Å². The number of hydrogen-bond donors (Lipinski definition) is 2. The number of aromatic nitrogens is 2. The Balaban J connectivity index is 1.60. The van der Waals surface area contributed by atoms with Gasteiger partial charge in [-0.2, -0.15) is 4.98 Å². The van der Waals surface area contributed by atoms with Gasteiger partial charge in [0.05, 0.1) is 0 Å². The lowest BCUT2D eigenvalue weighted by Crippen LogP contribution is -2.44. The van der Waals surface area contributed by atoms with Gasteiger partial charge in [-0.25, -0.2) is 4.79 Å². The predicted molar refractivity (Wildman–Crippen MR) is 88.9 cm³/mol. The van der Waals surface area contributed by atoms with E-state index in [1.165, 1.54) is 6.07 Å². The number of furan rings is 1. The highest BCUT2D eigenvalue weighted by Gasteiger charge is 2.43. The fraction of sp³-hybridized carbons (Fsp3) is 0.556. The smallest absolute Gasteiger partial charge is 0.339 e. The largest absolute Gasteiger partial charge is 0.478 e. The molecule has 2 aliphatic rings. The number of hydrogen-bond acceptors (Lipinski definition) is 6. The normalized spacial score (nSPS) is 18.8. The Labute approximate surface area is 150 Å². The molecule has 4 rings (SSSR count).